The second-order valence-corrected chi connectivity index (χ2v) is 9.55. The van der Waals surface area contributed by atoms with E-state index in [-0.39, 0.29) is 11.8 Å². The van der Waals surface area contributed by atoms with Crippen molar-refractivity contribution in [2.24, 2.45) is 5.92 Å². The number of nitrogens with one attached hydrogen (secondary N) is 1. The van der Waals surface area contributed by atoms with E-state index in [1.807, 2.05) is 6.07 Å². The number of nitrogens with zero attached hydrogens (tertiary/aromatic N) is 2. The van der Waals surface area contributed by atoms with Crippen molar-refractivity contribution in [1.82, 2.24) is 15.1 Å². The van der Waals surface area contributed by atoms with E-state index in [0.717, 1.165) is 69.8 Å². The Morgan fingerprint density at radius 2 is 1.68 bits per heavy atom. The van der Waals surface area contributed by atoms with Gasteiger partial charge in [0.15, 0.2) is 0 Å². The van der Waals surface area contributed by atoms with Gasteiger partial charge in [-0.25, -0.2) is 0 Å². The number of carbonyl (C=O) groups is 1. The Bertz CT molecular complexity index is 869. The van der Waals surface area contributed by atoms with Crippen LogP contribution in [0.3, 0.4) is 0 Å². The molecule has 0 aromatic heterocycles. The molecule has 0 spiro atoms. The summed E-state index contributed by atoms with van der Waals surface area (Å²) in [4.78, 5) is 17.7. The zero-order valence-corrected chi connectivity index (χ0v) is 19.6. The summed E-state index contributed by atoms with van der Waals surface area (Å²) in [6.07, 6.45) is 2.04. The molecule has 2 aromatic rings. The lowest BCUT2D eigenvalue weighted by molar-refractivity contribution is -0.126. The van der Waals surface area contributed by atoms with Gasteiger partial charge in [0.25, 0.3) is 0 Å². The highest BCUT2D eigenvalue weighted by molar-refractivity contribution is 9.10. The largest absolute Gasteiger partial charge is 0.379 e. The molecule has 1 N–H and O–H groups in total. The number of halogens is 1. The zero-order chi connectivity index (χ0) is 21.5. The van der Waals surface area contributed by atoms with E-state index in [9.17, 15) is 4.79 Å². The minimum absolute atomic E-state index is 0.0671. The van der Waals surface area contributed by atoms with Gasteiger partial charge < -0.3 is 10.1 Å². The van der Waals surface area contributed by atoms with Crippen molar-refractivity contribution < 1.29 is 9.53 Å². The fourth-order valence-electron chi connectivity index (χ4n) is 4.50. The fourth-order valence-corrected chi connectivity index (χ4v) is 4.94. The first-order valence-electron chi connectivity index (χ1n) is 11.3. The Kier molecular flexibility index (Phi) is 8.14. The summed E-state index contributed by atoms with van der Waals surface area (Å²) in [6, 6.07) is 17.0. The van der Waals surface area contributed by atoms with Gasteiger partial charge in [-0.2, -0.15) is 0 Å². The monoisotopic (exact) mass is 485 g/mol. The van der Waals surface area contributed by atoms with E-state index in [1.54, 1.807) is 0 Å². The number of rotatable bonds is 7. The second-order valence-electron chi connectivity index (χ2n) is 8.63. The van der Waals surface area contributed by atoms with Gasteiger partial charge in [0.05, 0.1) is 19.1 Å². The molecule has 2 aliphatic heterocycles. The maximum atomic E-state index is 12.9. The van der Waals surface area contributed by atoms with Gasteiger partial charge >= 0.3 is 0 Å². The summed E-state index contributed by atoms with van der Waals surface area (Å²) < 4.78 is 6.54. The fraction of sp³-hybridized carbons (Fsp3) is 0.480. The smallest absolute Gasteiger partial charge is 0.224 e. The number of morpholine rings is 1. The lowest BCUT2D eigenvalue weighted by Gasteiger charge is -2.32. The third-order valence-corrected chi connectivity index (χ3v) is 6.63. The number of hydrogen-bond donors (Lipinski definition) is 1. The van der Waals surface area contributed by atoms with E-state index in [2.05, 4.69) is 73.5 Å². The number of benzene rings is 2. The first-order chi connectivity index (χ1) is 15.2. The van der Waals surface area contributed by atoms with Crippen molar-refractivity contribution in [2.45, 2.75) is 32.5 Å². The van der Waals surface area contributed by atoms with Gasteiger partial charge in [0.1, 0.15) is 0 Å². The second kappa shape index (κ2) is 11.2. The summed E-state index contributed by atoms with van der Waals surface area (Å²) >= 11 is 3.55. The number of ether oxygens (including phenoxy) is 1. The molecule has 4 rings (SSSR count). The van der Waals surface area contributed by atoms with E-state index in [1.165, 1.54) is 16.7 Å². The van der Waals surface area contributed by atoms with Crippen LogP contribution in [0.5, 0.6) is 0 Å². The molecule has 2 fully saturated rings. The minimum Gasteiger partial charge on any atom is -0.379 e. The standard InChI is InChI=1S/C25H32BrN3O2/c26-24-8-2-6-22(15-24)18-29-9-3-7-23(19-29)25(30)27-16-20-4-1-5-21(14-20)17-28-10-12-31-13-11-28/h1-2,4-6,8,14-15,23H,3,7,9-13,16-19H2,(H,27,30). The van der Waals surface area contributed by atoms with Crippen molar-refractivity contribution in [3.05, 3.63) is 69.7 Å². The molecule has 1 unspecified atom stereocenters. The predicted octanol–water partition coefficient (Wildman–Crippen LogP) is 3.81. The minimum atomic E-state index is 0.0671. The molecule has 5 nitrogen and oxygen atoms in total. The SMILES string of the molecule is O=C(NCc1cccc(CN2CCOCC2)c1)C1CCCN(Cc2cccc(Br)c2)C1. The molecule has 31 heavy (non-hydrogen) atoms. The van der Waals surface area contributed by atoms with Gasteiger partial charge in [-0.1, -0.05) is 52.3 Å². The van der Waals surface area contributed by atoms with Crippen LogP contribution >= 0.6 is 15.9 Å². The summed E-state index contributed by atoms with van der Waals surface area (Å²) in [6.45, 7) is 7.92. The van der Waals surface area contributed by atoms with Crippen molar-refractivity contribution in [3.8, 4) is 0 Å². The highest BCUT2D eigenvalue weighted by Gasteiger charge is 2.25. The van der Waals surface area contributed by atoms with E-state index < -0.39 is 0 Å². The summed E-state index contributed by atoms with van der Waals surface area (Å²) in [5.74, 6) is 0.245. The van der Waals surface area contributed by atoms with Crippen molar-refractivity contribution in [3.63, 3.8) is 0 Å². The van der Waals surface area contributed by atoms with E-state index in [4.69, 9.17) is 4.74 Å². The summed E-state index contributed by atoms with van der Waals surface area (Å²) in [5, 5.41) is 3.19. The number of amides is 1. The Labute approximate surface area is 193 Å². The molecule has 0 saturated carbocycles. The number of hydrogen-bond acceptors (Lipinski definition) is 4. The first-order valence-corrected chi connectivity index (χ1v) is 12.1. The average Bonchev–Trinajstić information content (AvgIpc) is 2.79. The van der Waals surface area contributed by atoms with Gasteiger partial charge in [-0.15, -0.1) is 0 Å². The Morgan fingerprint density at radius 1 is 0.968 bits per heavy atom. The molecule has 6 heteroatoms. The summed E-state index contributed by atoms with van der Waals surface area (Å²) in [7, 11) is 0. The van der Waals surface area contributed by atoms with Crippen LogP contribution in [-0.2, 0) is 29.2 Å². The van der Waals surface area contributed by atoms with Crippen LogP contribution in [0.1, 0.15) is 29.5 Å². The molecule has 166 valence electrons. The molecule has 2 aliphatic rings. The number of likely N-dealkylation sites (tertiary alicyclic amines) is 1. The highest BCUT2D eigenvalue weighted by atomic mass is 79.9. The molecule has 0 radical (unpaired) electrons. The lowest BCUT2D eigenvalue weighted by Crippen LogP contribution is -2.42. The van der Waals surface area contributed by atoms with Crippen molar-refractivity contribution in [1.29, 1.82) is 0 Å². The van der Waals surface area contributed by atoms with Crippen LogP contribution in [-0.4, -0.2) is 55.1 Å². The number of piperidine rings is 1. The van der Waals surface area contributed by atoms with Gasteiger partial charge in [0.2, 0.25) is 5.91 Å². The Hall–Kier alpha value is -1.73. The van der Waals surface area contributed by atoms with Gasteiger partial charge in [0, 0.05) is 43.7 Å². The van der Waals surface area contributed by atoms with Crippen molar-refractivity contribution in [2.75, 3.05) is 39.4 Å². The van der Waals surface area contributed by atoms with Gasteiger partial charge in [-0.3, -0.25) is 14.6 Å². The average molecular weight is 486 g/mol. The molecule has 2 heterocycles. The topological polar surface area (TPSA) is 44.8 Å². The zero-order valence-electron chi connectivity index (χ0n) is 18.1. The first kappa shape index (κ1) is 22.5. The molecule has 0 aliphatic carbocycles. The van der Waals surface area contributed by atoms with Crippen LogP contribution in [0.4, 0.5) is 0 Å². The quantitative estimate of drug-likeness (QED) is 0.647. The molecular formula is C25H32BrN3O2. The third kappa shape index (κ3) is 6.88. The van der Waals surface area contributed by atoms with Crippen LogP contribution < -0.4 is 5.32 Å². The maximum Gasteiger partial charge on any atom is 0.224 e. The van der Waals surface area contributed by atoms with Crippen LogP contribution in [0, 0.1) is 5.92 Å². The molecule has 2 aromatic carbocycles. The van der Waals surface area contributed by atoms with Gasteiger partial charge in [-0.05, 0) is 48.2 Å². The highest BCUT2D eigenvalue weighted by Crippen LogP contribution is 2.20. The third-order valence-electron chi connectivity index (χ3n) is 6.14. The van der Waals surface area contributed by atoms with E-state index >= 15 is 0 Å². The maximum absolute atomic E-state index is 12.9. The predicted molar refractivity (Wildman–Crippen MR) is 127 cm³/mol. The molecule has 0 bridgehead atoms. The molecule has 1 atom stereocenters. The van der Waals surface area contributed by atoms with Crippen LogP contribution in [0.15, 0.2) is 53.0 Å². The van der Waals surface area contributed by atoms with Crippen LogP contribution in [0.25, 0.3) is 0 Å². The molecule has 2 saturated heterocycles. The summed E-state index contributed by atoms with van der Waals surface area (Å²) in [5.41, 5.74) is 3.75. The lowest BCUT2D eigenvalue weighted by atomic mass is 9.96. The number of carbonyl (C=O) groups excluding carboxylic acids is 1. The van der Waals surface area contributed by atoms with Crippen molar-refractivity contribution >= 4 is 21.8 Å². The Balaban J connectivity index is 1.26. The van der Waals surface area contributed by atoms with Crippen LogP contribution in [0.2, 0.25) is 0 Å². The molecule has 1 amide bonds. The Morgan fingerprint density at radius 3 is 2.48 bits per heavy atom. The molecular weight excluding hydrogens is 454 g/mol. The normalized spacial score (nSPS) is 20.5. The van der Waals surface area contributed by atoms with E-state index in [0.29, 0.717) is 6.54 Å².